The molecule has 0 saturated carbocycles. The van der Waals surface area contributed by atoms with Crippen molar-refractivity contribution in [3.63, 3.8) is 0 Å². The molecule has 1 saturated heterocycles. The summed E-state index contributed by atoms with van der Waals surface area (Å²) in [5.74, 6) is 0.369. The lowest BCUT2D eigenvalue weighted by molar-refractivity contribution is 0.375. The normalized spacial score (nSPS) is 18.3. The van der Waals surface area contributed by atoms with Crippen LogP contribution in [0.2, 0.25) is 0 Å². The molecule has 2 aromatic rings. The van der Waals surface area contributed by atoms with Gasteiger partial charge in [-0.3, -0.25) is 0 Å². The highest BCUT2D eigenvalue weighted by atomic mass is 32.2. The SMILES string of the molecule is COc1ccc(OC)c(S(=O)(=O)N2CCC[C@H]2c2ccc(F)cc2)c1. The predicted octanol–water partition coefficient (Wildman–Crippen LogP) is 3.37. The molecule has 1 heterocycles. The van der Waals surface area contributed by atoms with Crippen LogP contribution in [0.1, 0.15) is 24.4 Å². The third-order valence-corrected chi connectivity index (χ3v) is 6.35. The fraction of sp³-hybridized carbons (Fsp3) is 0.333. The van der Waals surface area contributed by atoms with Crippen molar-refractivity contribution in [1.82, 2.24) is 4.31 Å². The minimum absolute atomic E-state index is 0.0726. The monoisotopic (exact) mass is 365 g/mol. The second-order valence-corrected chi connectivity index (χ2v) is 7.70. The molecule has 1 atom stereocenters. The highest BCUT2D eigenvalue weighted by Gasteiger charge is 2.37. The summed E-state index contributed by atoms with van der Waals surface area (Å²) in [6.07, 6.45) is 1.44. The molecule has 0 N–H and O–H groups in total. The Kier molecular flexibility index (Phi) is 4.96. The van der Waals surface area contributed by atoms with Gasteiger partial charge in [-0.1, -0.05) is 12.1 Å². The van der Waals surface area contributed by atoms with Crippen molar-refractivity contribution in [2.24, 2.45) is 0 Å². The molecule has 5 nitrogen and oxygen atoms in total. The van der Waals surface area contributed by atoms with Crippen molar-refractivity contribution >= 4 is 10.0 Å². The Balaban J connectivity index is 2.03. The predicted molar refractivity (Wildman–Crippen MR) is 91.8 cm³/mol. The molecule has 0 aliphatic carbocycles. The van der Waals surface area contributed by atoms with Crippen molar-refractivity contribution in [2.45, 2.75) is 23.8 Å². The lowest BCUT2D eigenvalue weighted by atomic mass is 10.1. The number of hydrogen-bond acceptors (Lipinski definition) is 4. The summed E-state index contributed by atoms with van der Waals surface area (Å²) in [6.45, 7) is 0.407. The van der Waals surface area contributed by atoms with Crippen molar-refractivity contribution < 1.29 is 22.3 Å². The average Bonchev–Trinajstić information content (AvgIpc) is 3.12. The Hall–Kier alpha value is -2.12. The summed E-state index contributed by atoms with van der Waals surface area (Å²) in [5.41, 5.74) is 0.782. The third-order valence-electron chi connectivity index (χ3n) is 4.42. The molecule has 1 fully saturated rings. The highest BCUT2D eigenvalue weighted by Crippen LogP contribution is 2.39. The van der Waals surface area contributed by atoms with Gasteiger partial charge in [0.2, 0.25) is 10.0 Å². The van der Waals surface area contributed by atoms with E-state index in [1.165, 1.54) is 36.7 Å². The molecule has 0 spiro atoms. The number of benzene rings is 2. The number of methoxy groups -OCH3 is 2. The third kappa shape index (κ3) is 3.34. The van der Waals surface area contributed by atoms with Gasteiger partial charge in [-0.25, -0.2) is 12.8 Å². The van der Waals surface area contributed by atoms with E-state index in [-0.39, 0.29) is 22.5 Å². The van der Waals surface area contributed by atoms with E-state index in [1.54, 1.807) is 24.3 Å². The van der Waals surface area contributed by atoms with E-state index in [9.17, 15) is 12.8 Å². The van der Waals surface area contributed by atoms with Gasteiger partial charge in [-0.2, -0.15) is 4.31 Å². The van der Waals surface area contributed by atoms with Crippen LogP contribution >= 0.6 is 0 Å². The molecule has 0 bridgehead atoms. The van der Waals surface area contributed by atoms with Gasteiger partial charge in [0.05, 0.1) is 20.3 Å². The summed E-state index contributed by atoms with van der Waals surface area (Å²) in [7, 11) is -0.873. The van der Waals surface area contributed by atoms with E-state index in [4.69, 9.17) is 9.47 Å². The zero-order valence-electron chi connectivity index (χ0n) is 14.1. The molecular weight excluding hydrogens is 345 g/mol. The Bertz CT molecular complexity index is 852. The van der Waals surface area contributed by atoms with Gasteiger partial charge in [0, 0.05) is 12.6 Å². The molecule has 7 heteroatoms. The summed E-state index contributed by atoms with van der Waals surface area (Å²) in [4.78, 5) is 0.0726. The number of hydrogen-bond donors (Lipinski definition) is 0. The molecule has 0 amide bonds. The lowest BCUT2D eigenvalue weighted by Crippen LogP contribution is -2.31. The summed E-state index contributed by atoms with van der Waals surface area (Å²) < 4.78 is 51.5. The van der Waals surface area contributed by atoms with Crippen molar-refractivity contribution in [2.75, 3.05) is 20.8 Å². The van der Waals surface area contributed by atoms with Crippen LogP contribution in [0.4, 0.5) is 4.39 Å². The van der Waals surface area contributed by atoms with Gasteiger partial charge in [-0.15, -0.1) is 0 Å². The first-order valence-electron chi connectivity index (χ1n) is 7.96. The van der Waals surface area contributed by atoms with Crippen LogP contribution < -0.4 is 9.47 Å². The van der Waals surface area contributed by atoms with Crippen molar-refractivity contribution in [3.05, 3.63) is 53.8 Å². The molecule has 1 aliphatic rings. The summed E-state index contributed by atoms with van der Waals surface area (Å²) in [5, 5.41) is 0. The first-order chi connectivity index (χ1) is 12.0. The quantitative estimate of drug-likeness (QED) is 0.815. The maximum Gasteiger partial charge on any atom is 0.247 e. The zero-order valence-corrected chi connectivity index (χ0v) is 14.9. The van der Waals surface area contributed by atoms with Crippen LogP contribution in [-0.4, -0.2) is 33.5 Å². The molecule has 3 rings (SSSR count). The van der Waals surface area contributed by atoms with Crippen molar-refractivity contribution in [3.8, 4) is 11.5 Å². The fourth-order valence-corrected chi connectivity index (χ4v) is 5.01. The zero-order chi connectivity index (χ0) is 18.0. The van der Waals surface area contributed by atoms with E-state index in [0.717, 1.165) is 12.0 Å². The molecule has 25 heavy (non-hydrogen) atoms. The molecule has 2 aromatic carbocycles. The van der Waals surface area contributed by atoms with Crippen LogP contribution in [-0.2, 0) is 10.0 Å². The van der Waals surface area contributed by atoms with Crippen LogP contribution in [0, 0.1) is 5.82 Å². The Morgan fingerprint density at radius 3 is 2.44 bits per heavy atom. The van der Waals surface area contributed by atoms with Gasteiger partial charge in [0.15, 0.2) is 0 Å². The number of ether oxygens (including phenoxy) is 2. The number of nitrogens with zero attached hydrogens (tertiary/aromatic N) is 1. The van der Waals surface area contributed by atoms with Gasteiger partial charge in [0.25, 0.3) is 0 Å². The number of halogens is 1. The van der Waals surface area contributed by atoms with Crippen LogP contribution in [0.5, 0.6) is 11.5 Å². The Morgan fingerprint density at radius 1 is 1.08 bits per heavy atom. The second-order valence-electron chi connectivity index (χ2n) is 5.84. The van der Waals surface area contributed by atoms with Gasteiger partial charge in [-0.05, 0) is 42.7 Å². The maximum absolute atomic E-state index is 13.2. The maximum atomic E-state index is 13.2. The first kappa shape index (κ1) is 17.7. The van der Waals surface area contributed by atoms with Crippen molar-refractivity contribution in [1.29, 1.82) is 0 Å². The van der Waals surface area contributed by atoms with Gasteiger partial charge >= 0.3 is 0 Å². The van der Waals surface area contributed by atoms with E-state index < -0.39 is 10.0 Å². The van der Waals surface area contributed by atoms with Gasteiger partial charge in [0.1, 0.15) is 22.2 Å². The van der Waals surface area contributed by atoms with Crippen LogP contribution in [0.15, 0.2) is 47.4 Å². The standard InChI is InChI=1S/C18H20FNO4S/c1-23-15-9-10-17(24-2)18(12-15)25(21,22)20-11-3-4-16(20)13-5-7-14(19)8-6-13/h5-10,12,16H,3-4,11H2,1-2H3/t16-/m0/s1. The minimum Gasteiger partial charge on any atom is -0.497 e. The van der Waals surface area contributed by atoms with Crippen LogP contribution in [0.3, 0.4) is 0 Å². The molecule has 0 radical (unpaired) electrons. The van der Waals surface area contributed by atoms with E-state index >= 15 is 0 Å². The van der Waals surface area contributed by atoms with E-state index in [2.05, 4.69) is 0 Å². The summed E-state index contributed by atoms with van der Waals surface area (Å²) >= 11 is 0. The molecular formula is C18H20FNO4S. The molecule has 134 valence electrons. The second kappa shape index (κ2) is 7.01. The molecule has 0 unspecified atom stereocenters. The first-order valence-corrected chi connectivity index (χ1v) is 9.40. The average molecular weight is 365 g/mol. The molecule has 1 aliphatic heterocycles. The van der Waals surface area contributed by atoms with Crippen LogP contribution in [0.25, 0.3) is 0 Å². The fourth-order valence-electron chi connectivity index (χ4n) is 3.16. The smallest absolute Gasteiger partial charge is 0.247 e. The topological polar surface area (TPSA) is 55.8 Å². The summed E-state index contributed by atoms with van der Waals surface area (Å²) in [6, 6.07) is 10.4. The largest absolute Gasteiger partial charge is 0.497 e. The van der Waals surface area contributed by atoms with Gasteiger partial charge < -0.3 is 9.47 Å². The van der Waals surface area contributed by atoms with E-state index in [0.29, 0.717) is 18.7 Å². The Labute approximate surface area is 147 Å². The highest BCUT2D eigenvalue weighted by molar-refractivity contribution is 7.89. The Morgan fingerprint density at radius 2 is 1.80 bits per heavy atom. The number of rotatable bonds is 5. The minimum atomic E-state index is -3.79. The molecule has 0 aromatic heterocycles. The lowest BCUT2D eigenvalue weighted by Gasteiger charge is -2.25. The van der Waals surface area contributed by atoms with E-state index in [1.807, 2.05) is 0 Å². The number of sulfonamides is 1.